The lowest BCUT2D eigenvalue weighted by Crippen LogP contribution is -2.37. The summed E-state index contributed by atoms with van der Waals surface area (Å²) in [7, 11) is 1.56. The first kappa shape index (κ1) is 16.3. The molecule has 1 aromatic rings. The highest BCUT2D eigenvalue weighted by atomic mass is 19.1. The number of hydrazine groups is 1. The Kier molecular flexibility index (Phi) is 6.33. The number of pyridine rings is 1. The molecule has 0 aliphatic carbocycles. The Hall–Kier alpha value is -1.73. The number of rotatable bonds is 7. The van der Waals surface area contributed by atoms with E-state index >= 15 is 0 Å². The second-order valence-corrected chi connectivity index (χ2v) is 4.80. The Morgan fingerprint density at radius 2 is 2.30 bits per heavy atom. The van der Waals surface area contributed by atoms with Crippen LogP contribution in [0.3, 0.4) is 0 Å². The van der Waals surface area contributed by atoms with Crippen LogP contribution in [0.2, 0.25) is 0 Å². The van der Waals surface area contributed by atoms with Crippen LogP contribution in [0.1, 0.15) is 24.2 Å². The van der Waals surface area contributed by atoms with Crippen molar-refractivity contribution >= 4 is 11.7 Å². The summed E-state index contributed by atoms with van der Waals surface area (Å²) in [5.41, 5.74) is 2.08. The summed E-state index contributed by atoms with van der Waals surface area (Å²) in [5.74, 6) is 4.14. The minimum Gasteiger partial charge on any atom is -0.383 e. The van der Waals surface area contributed by atoms with Crippen molar-refractivity contribution in [1.82, 2.24) is 9.88 Å². The molecule has 1 rings (SSSR count). The van der Waals surface area contributed by atoms with E-state index in [1.54, 1.807) is 12.0 Å². The monoisotopic (exact) mass is 284 g/mol. The summed E-state index contributed by atoms with van der Waals surface area (Å²) in [4.78, 5) is 17.7. The first-order valence-corrected chi connectivity index (χ1v) is 6.40. The predicted molar refractivity (Wildman–Crippen MR) is 74.6 cm³/mol. The lowest BCUT2D eigenvalue weighted by Gasteiger charge is -2.24. The molecule has 7 heteroatoms. The van der Waals surface area contributed by atoms with E-state index in [4.69, 9.17) is 10.6 Å². The van der Waals surface area contributed by atoms with Gasteiger partial charge in [-0.25, -0.2) is 15.2 Å². The second-order valence-electron chi connectivity index (χ2n) is 4.80. The molecule has 1 aromatic heterocycles. The van der Waals surface area contributed by atoms with Crippen LogP contribution in [0.15, 0.2) is 12.3 Å². The number of nitrogens with one attached hydrogen (secondary N) is 1. The molecular formula is C13H21FN4O2. The van der Waals surface area contributed by atoms with Gasteiger partial charge in [-0.2, -0.15) is 0 Å². The maximum Gasteiger partial charge on any atom is 0.257 e. The van der Waals surface area contributed by atoms with Gasteiger partial charge in [0.15, 0.2) is 11.6 Å². The van der Waals surface area contributed by atoms with Gasteiger partial charge in [0.25, 0.3) is 5.91 Å². The molecule has 0 aliphatic heterocycles. The molecule has 1 amide bonds. The Morgan fingerprint density at radius 3 is 2.85 bits per heavy atom. The van der Waals surface area contributed by atoms with E-state index in [0.29, 0.717) is 19.7 Å². The number of carbonyl (C=O) groups excluding carboxylic acids is 1. The zero-order valence-corrected chi connectivity index (χ0v) is 12.0. The minimum atomic E-state index is -0.744. The molecule has 0 fully saturated rings. The van der Waals surface area contributed by atoms with Crippen LogP contribution in [0, 0.1) is 11.7 Å². The summed E-state index contributed by atoms with van der Waals surface area (Å²) < 4.78 is 19.0. The Morgan fingerprint density at radius 1 is 1.60 bits per heavy atom. The van der Waals surface area contributed by atoms with Gasteiger partial charge in [-0.3, -0.25) is 4.79 Å². The highest BCUT2D eigenvalue weighted by Crippen LogP contribution is 2.16. The van der Waals surface area contributed by atoms with Crippen molar-refractivity contribution in [1.29, 1.82) is 0 Å². The molecule has 0 aromatic carbocycles. The van der Waals surface area contributed by atoms with Gasteiger partial charge in [-0.05, 0) is 12.0 Å². The molecule has 3 N–H and O–H groups in total. The van der Waals surface area contributed by atoms with Crippen LogP contribution >= 0.6 is 0 Å². The van der Waals surface area contributed by atoms with Crippen molar-refractivity contribution in [3.8, 4) is 0 Å². The summed E-state index contributed by atoms with van der Waals surface area (Å²) in [6.07, 6.45) is 1.34. The lowest BCUT2D eigenvalue weighted by molar-refractivity contribution is 0.0667. The fraction of sp³-hybridized carbons (Fsp3) is 0.538. The van der Waals surface area contributed by atoms with Crippen LogP contribution in [0.25, 0.3) is 0 Å². The molecule has 20 heavy (non-hydrogen) atoms. The van der Waals surface area contributed by atoms with Crippen LogP contribution in [0.4, 0.5) is 10.2 Å². The molecular weight excluding hydrogens is 263 g/mol. The molecule has 0 bridgehead atoms. The summed E-state index contributed by atoms with van der Waals surface area (Å²) in [6, 6.07) is 1.35. The van der Waals surface area contributed by atoms with Gasteiger partial charge in [0.2, 0.25) is 0 Å². The third-order valence-electron chi connectivity index (χ3n) is 2.69. The maximum atomic E-state index is 14.1. The lowest BCUT2D eigenvalue weighted by atomic mass is 10.1. The van der Waals surface area contributed by atoms with Crippen molar-refractivity contribution in [3.05, 3.63) is 23.6 Å². The van der Waals surface area contributed by atoms with Crippen LogP contribution in [0.5, 0.6) is 0 Å². The van der Waals surface area contributed by atoms with Gasteiger partial charge in [-0.15, -0.1) is 0 Å². The van der Waals surface area contributed by atoms with E-state index in [-0.39, 0.29) is 17.3 Å². The normalized spacial score (nSPS) is 10.7. The highest BCUT2D eigenvalue weighted by Gasteiger charge is 2.22. The minimum absolute atomic E-state index is 0.0512. The molecule has 6 nitrogen and oxygen atoms in total. The number of nitrogen functional groups attached to an aromatic ring is 1. The number of hydrogen-bond acceptors (Lipinski definition) is 5. The highest BCUT2D eigenvalue weighted by molar-refractivity contribution is 5.95. The fourth-order valence-corrected chi connectivity index (χ4v) is 1.80. The summed E-state index contributed by atoms with van der Waals surface area (Å²) >= 11 is 0. The van der Waals surface area contributed by atoms with Gasteiger partial charge in [0.05, 0.1) is 12.2 Å². The van der Waals surface area contributed by atoms with Crippen molar-refractivity contribution in [3.63, 3.8) is 0 Å². The Balaban J connectivity index is 2.98. The van der Waals surface area contributed by atoms with E-state index in [1.165, 1.54) is 12.3 Å². The van der Waals surface area contributed by atoms with Crippen LogP contribution in [-0.2, 0) is 4.74 Å². The number of nitrogens with two attached hydrogens (primary N) is 1. The van der Waals surface area contributed by atoms with Gasteiger partial charge in [0, 0.05) is 26.4 Å². The topological polar surface area (TPSA) is 80.5 Å². The van der Waals surface area contributed by atoms with Crippen LogP contribution < -0.4 is 11.3 Å². The average molecular weight is 284 g/mol. The van der Waals surface area contributed by atoms with E-state index < -0.39 is 11.7 Å². The van der Waals surface area contributed by atoms with Crippen molar-refractivity contribution in [2.75, 3.05) is 32.2 Å². The first-order valence-electron chi connectivity index (χ1n) is 6.40. The summed E-state index contributed by atoms with van der Waals surface area (Å²) in [5, 5.41) is 0. The van der Waals surface area contributed by atoms with E-state index in [9.17, 15) is 9.18 Å². The number of hydrogen-bond donors (Lipinski definition) is 2. The molecule has 0 saturated heterocycles. The first-order chi connectivity index (χ1) is 9.51. The number of ether oxygens (including phenoxy) is 1. The number of anilines is 1. The largest absolute Gasteiger partial charge is 0.383 e. The number of methoxy groups -OCH3 is 1. The van der Waals surface area contributed by atoms with Gasteiger partial charge >= 0.3 is 0 Å². The predicted octanol–water partition coefficient (Wildman–Crippen LogP) is 1.25. The van der Waals surface area contributed by atoms with Gasteiger partial charge in [-0.1, -0.05) is 13.8 Å². The quantitative estimate of drug-likeness (QED) is 0.582. The number of nitrogens with zero attached hydrogens (tertiary/aromatic N) is 2. The molecule has 0 saturated carbocycles. The number of carbonyl (C=O) groups is 1. The van der Waals surface area contributed by atoms with E-state index in [0.717, 1.165) is 0 Å². The van der Waals surface area contributed by atoms with Crippen LogP contribution in [-0.4, -0.2) is 42.6 Å². The Labute approximate surface area is 118 Å². The van der Waals surface area contributed by atoms with E-state index in [1.807, 2.05) is 13.8 Å². The van der Waals surface area contributed by atoms with Gasteiger partial charge in [0.1, 0.15) is 0 Å². The number of amides is 1. The third-order valence-corrected chi connectivity index (χ3v) is 2.69. The molecule has 112 valence electrons. The van der Waals surface area contributed by atoms with Gasteiger partial charge < -0.3 is 15.1 Å². The van der Waals surface area contributed by atoms with Crippen molar-refractivity contribution < 1.29 is 13.9 Å². The average Bonchev–Trinajstić information content (AvgIpc) is 2.42. The molecule has 0 atom stereocenters. The van der Waals surface area contributed by atoms with Crippen molar-refractivity contribution in [2.45, 2.75) is 13.8 Å². The fourth-order valence-electron chi connectivity index (χ4n) is 1.80. The van der Waals surface area contributed by atoms with Crippen molar-refractivity contribution in [2.24, 2.45) is 11.8 Å². The smallest absolute Gasteiger partial charge is 0.257 e. The molecule has 0 aliphatic rings. The zero-order chi connectivity index (χ0) is 15.1. The maximum absolute atomic E-state index is 14.1. The molecule has 0 spiro atoms. The number of aromatic nitrogens is 1. The zero-order valence-electron chi connectivity index (χ0n) is 12.0. The third kappa shape index (κ3) is 4.14. The standard InChI is InChI=1S/C13H21FN4O2/c1-9(2)8-18(6-7-20-3)13(19)10-4-5-16-12(17-15)11(10)14/h4-5,9H,6-8,15H2,1-3H3,(H,16,17). The molecule has 0 radical (unpaired) electrons. The molecule has 0 unspecified atom stereocenters. The number of halogens is 1. The summed E-state index contributed by atoms with van der Waals surface area (Å²) in [6.45, 7) is 5.30. The van der Waals surface area contributed by atoms with E-state index in [2.05, 4.69) is 10.4 Å². The molecule has 1 heterocycles. The second kappa shape index (κ2) is 7.76. The SMILES string of the molecule is COCCN(CC(C)C)C(=O)c1ccnc(NN)c1F. The Bertz CT molecular complexity index is 454.